The molecule has 0 fully saturated rings. The molecule has 1 nitrogen and oxygen atoms in total. The van der Waals surface area contributed by atoms with Crippen LogP contribution in [0, 0.1) is 29.4 Å². The molecule has 1 unspecified atom stereocenters. The van der Waals surface area contributed by atoms with Crippen LogP contribution in [0.4, 0.5) is 8.78 Å². The number of unbranched alkanes of at least 4 members (excludes halogenated alkanes) is 5. The summed E-state index contributed by atoms with van der Waals surface area (Å²) in [6.07, 6.45) is 12.3. The van der Waals surface area contributed by atoms with Crippen LogP contribution in [-0.4, -0.2) is 6.61 Å². The van der Waals surface area contributed by atoms with Crippen molar-refractivity contribution in [2.24, 2.45) is 5.92 Å². The van der Waals surface area contributed by atoms with E-state index >= 15 is 0 Å². The molecule has 0 aliphatic heterocycles. The average molecular weight is 455 g/mol. The van der Waals surface area contributed by atoms with E-state index < -0.39 is 11.6 Å². The molecule has 33 heavy (non-hydrogen) atoms. The third-order valence-corrected chi connectivity index (χ3v) is 6.07. The first-order valence-electron chi connectivity index (χ1n) is 12.8. The van der Waals surface area contributed by atoms with Crippen LogP contribution in [-0.2, 0) is 6.42 Å². The Morgan fingerprint density at radius 1 is 0.758 bits per heavy atom. The van der Waals surface area contributed by atoms with Crippen molar-refractivity contribution in [3.05, 3.63) is 64.7 Å². The van der Waals surface area contributed by atoms with Gasteiger partial charge in [0.1, 0.15) is 5.75 Å². The molecule has 0 saturated heterocycles. The second-order valence-corrected chi connectivity index (χ2v) is 9.08. The highest BCUT2D eigenvalue weighted by Gasteiger charge is 2.11. The Bertz CT molecular complexity index is 877. The van der Waals surface area contributed by atoms with Gasteiger partial charge in [-0.2, -0.15) is 0 Å². The van der Waals surface area contributed by atoms with E-state index in [1.165, 1.54) is 38.5 Å². The summed E-state index contributed by atoms with van der Waals surface area (Å²) in [5.41, 5.74) is 1.27. The third-order valence-electron chi connectivity index (χ3n) is 6.07. The van der Waals surface area contributed by atoms with E-state index in [4.69, 9.17) is 4.74 Å². The first kappa shape index (κ1) is 26.9. The van der Waals surface area contributed by atoms with E-state index in [-0.39, 0.29) is 5.56 Å². The van der Waals surface area contributed by atoms with Gasteiger partial charge in [-0.1, -0.05) is 90.0 Å². The number of hydrogen-bond donors (Lipinski definition) is 0. The maximum absolute atomic E-state index is 14.4. The lowest BCUT2D eigenvalue weighted by molar-refractivity contribution is 0.302. The molecule has 0 heterocycles. The van der Waals surface area contributed by atoms with E-state index in [1.807, 2.05) is 24.3 Å². The minimum atomic E-state index is -0.851. The van der Waals surface area contributed by atoms with Crippen LogP contribution in [0.2, 0.25) is 0 Å². The molecular formula is C30H40F2O. The van der Waals surface area contributed by atoms with Gasteiger partial charge in [0.05, 0.1) is 12.2 Å². The Morgan fingerprint density at radius 2 is 1.48 bits per heavy atom. The fourth-order valence-electron chi connectivity index (χ4n) is 3.88. The highest BCUT2D eigenvalue weighted by Crippen LogP contribution is 2.19. The number of hydrogen-bond acceptors (Lipinski definition) is 1. The smallest absolute Gasteiger partial charge is 0.174 e. The highest BCUT2D eigenvalue weighted by molar-refractivity contribution is 5.45. The lowest BCUT2D eigenvalue weighted by atomic mass is 9.98. The zero-order chi connectivity index (χ0) is 23.9. The summed E-state index contributed by atoms with van der Waals surface area (Å²) in [4.78, 5) is 0. The second-order valence-electron chi connectivity index (χ2n) is 9.08. The summed E-state index contributed by atoms with van der Waals surface area (Å²) >= 11 is 0. The summed E-state index contributed by atoms with van der Waals surface area (Å²) in [7, 11) is 0. The average Bonchev–Trinajstić information content (AvgIpc) is 2.83. The molecular weight excluding hydrogens is 414 g/mol. The van der Waals surface area contributed by atoms with Gasteiger partial charge in [0.15, 0.2) is 11.6 Å². The molecule has 2 rings (SSSR count). The normalized spacial score (nSPS) is 11.7. The fraction of sp³-hybridized carbons (Fsp3) is 0.533. The topological polar surface area (TPSA) is 9.23 Å². The number of ether oxygens (including phenoxy) is 1. The monoisotopic (exact) mass is 454 g/mol. The highest BCUT2D eigenvalue weighted by atomic mass is 19.2. The molecule has 0 N–H and O–H groups in total. The minimum absolute atomic E-state index is 0.0936. The van der Waals surface area contributed by atoms with Crippen molar-refractivity contribution >= 4 is 0 Å². The van der Waals surface area contributed by atoms with Crippen molar-refractivity contribution in [3.63, 3.8) is 0 Å². The lowest BCUT2D eigenvalue weighted by Crippen LogP contribution is -1.99. The molecule has 2 aromatic carbocycles. The van der Waals surface area contributed by atoms with Crippen molar-refractivity contribution < 1.29 is 13.5 Å². The standard InChI is InChI=1S/C30H40F2O/c1-4-6-9-14-26-19-20-27(30(32)29(26)31)18-15-25-16-21-28(22-17-25)33-23-11-8-10-13-24(3)12-7-5-2/h16-17,19-22,24H,4-14,23H2,1-3H3. The molecule has 180 valence electrons. The number of halogens is 2. The predicted octanol–water partition coefficient (Wildman–Crippen LogP) is 8.86. The minimum Gasteiger partial charge on any atom is -0.494 e. The number of benzene rings is 2. The zero-order valence-electron chi connectivity index (χ0n) is 20.7. The molecule has 0 aliphatic rings. The van der Waals surface area contributed by atoms with Crippen LogP contribution >= 0.6 is 0 Å². The number of aryl methyl sites for hydroxylation is 1. The van der Waals surface area contributed by atoms with Gasteiger partial charge in [-0.25, -0.2) is 8.78 Å². The summed E-state index contributed by atoms with van der Waals surface area (Å²) in [5, 5.41) is 0. The van der Waals surface area contributed by atoms with Crippen LogP contribution in [0.3, 0.4) is 0 Å². The van der Waals surface area contributed by atoms with Crippen LogP contribution in [0.1, 0.15) is 102 Å². The van der Waals surface area contributed by atoms with Gasteiger partial charge in [-0.15, -0.1) is 0 Å². The third kappa shape index (κ3) is 9.99. The van der Waals surface area contributed by atoms with Gasteiger partial charge in [-0.3, -0.25) is 0 Å². The van der Waals surface area contributed by atoms with E-state index in [1.54, 1.807) is 12.1 Å². The van der Waals surface area contributed by atoms with E-state index in [0.29, 0.717) is 18.6 Å². The summed E-state index contributed by atoms with van der Waals surface area (Å²) in [6.45, 7) is 7.40. The molecule has 0 spiro atoms. The van der Waals surface area contributed by atoms with E-state index in [9.17, 15) is 8.78 Å². The fourth-order valence-corrected chi connectivity index (χ4v) is 3.88. The number of rotatable bonds is 14. The van der Waals surface area contributed by atoms with E-state index in [2.05, 4.69) is 32.6 Å². The molecule has 0 saturated carbocycles. The van der Waals surface area contributed by atoms with Crippen molar-refractivity contribution in [2.45, 2.75) is 91.4 Å². The van der Waals surface area contributed by atoms with Crippen molar-refractivity contribution in [1.82, 2.24) is 0 Å². The molecule has 1 atom stereocenters. The second kappa shape index (κ2) is 15.5. The Hall–Kier alpha value is -2.34. The van der Waals surface area contributed by atoms with Crippen LogP contribution < -0.4 is 4.74 Å². The summed E-state index contributed by atoms with van der Waals surface area (Å²) in [5.74, 6) is 5.71. The molecule has 0 radical (unpaired) electrons. The molecule has 0 bridgehead atoms. The maximum Gasteiger partial charge on any atom is 0.174 e. The van der Waals surface area contributed by atoms with Gasteiger partial charge >= 0.3 is 0 Å². The zero-order valence-corrected chi connectivity index (χ0v) is 20.7. The Labute approximate surface area is 200 Å². The largest absolute Gasteiger partial charge is 0.494 e. The SMILES string of the molecule is CCCCCc1ccc(C#Cc2ccc(OCCCCCC(C)CCCC)cc2)c(F)c1F. The van der Waals surface area contributed by atoms with Gasteiger partial charge in [0, 0.05) is 5.56 Å². The first-order chi connectivity index (χ1) is 16.0. The predicted molar refractivity (Wildman–Crippen MR) is 135 cm³/mol. The van der Waals surface area contributed by atoms with Crippen molar-refractivity contribution in [1.29, 1.82) is 0 Å². The van der Waals surface area contributed by atoms with Crippen LogP contribution in [0.5, 0.6) is 5.75 Å². The van der Waals surface area contributed by atoms with Gasteiger partial charge in [-0.05, 0) is 61.1 Å². The van der Waals surface area contributed by atoms with Crippen molar-refractivity contribution in [2.75, 3.05) is 6.61 Å². The Balaban J connectivity index is 1.78. The van der Waals surface area contributed by atoms with Gasteiger partial charge in [0.25, 0.3) is 0 Å². The quantitative estimate of drug-likeness (QED) is 0.205. The molecule has 0 aromatic heterocycles. The van der Waals surface area contributed by atoms with Gasteiger partial charge < -0.3 is 4.74 Å². The molecule has 0 amide bonds. The Kier molecular flexibility index (Phi) is 12.6. The molecule has 2 aromatic rings. The molecule has 0 aliphatic carbocycles. The molecule has 3 heteroatoms. The van der Waals surface area contributed by atoms with E-state index in [0.717, 1.165) is 42.9 Å². The maximum atomic E-state index is 14.4. The summed E-state index contributed by atoms with van der Waals surface area (Å²) in [6, 6.07) is 10.7. The first-order valence-corrected chi connectivity index (χ1v) is 12.8. The van der Waals surface area contributed by atoms with Crippen molar-refractivity contribution in [3.8, 4) is 17.6 Å². The van der Waals surface area contributed by atoms with Gasteiger partial charge in [0.2, 0.25) is 0 Å². The summed E-state index contributed by atoms with van der Waals surface area (Å²) < 4.78 is 34.5. The van der Waals surface area contributed by atoms with Crippen LogP contribution in [0.15, 0.2) is 36.4 Å². The Morgan fingerprint density at radius 3 is 2.21 bits per heavy atom. The van der Waals surface area contributed by atoms with Crippen LogP contribution in [0.25, 0.3) is 0 Å². The lowest BCUT2D eigenvalue weighted by Gasteiger charge is -2.10.